The molecule has 1 fully saturated rings. The second-order valence-electron chi connectivity index (χ2n) is 5.55. The number of piperidine rings is 1. The number of hydrogen-bond acceptors (Lipinski definition) is 2. The van der Waals surface area contributed by atoms with Crippen LogP contribution in [0, 0.1) is 11.8 Å². The molecule has 0 radical (unpaired) electrons. The standard InChI is InChI=1S/C13H27BrN2O2S/c1-4-12(5-2)13(14)9-15-19(17,18)16-8-6-7-11(3)10-16/h11-13,15H,4-10H2,1-3H3. The molecule has 19 heavy (non-hydrogen) atoms. The molecule has 0 aromatic rings. The van der Waals surface area contributed by atoms with Crippen molar-refractivity contribution in [3.63, 3.8) is 0 Å². The third-order valence-corrected chi connectivity index (χ3v) is 6.59. The maximum absolute atomic E-state index is 12.2. The predicted octanol–water partition coefficient (Wildman–Crippen LogP) is 2.75. The van der Waals surface area contributed by atoms with Gasteiger partial charge in [0, 0.05) is 24.5 Å². The van der Waals surface area contributed by atoms with Crippen molar-refractivity contribution < 1.29 is 8.42 Å². The molecule has 1 saturated heterocycles. The van der Waals surface area contributed by atoms with Crippen LogP contribution in [0.2, 0.25) is 0 Å². The number of nitrogens with one attached hydrogen (secondary N) is 1. The molecule has 0 spiro atoms. The second kappa shape index (κ2) is 7.96. The van der Waals surface area contributed by atoms with E-state index in [-0.39, 0.29) is 4.83 Å². The lowest BCUT2D eigenvalue weighted by molar-refractivity contribution is 0.278. The first-order chi connectivity index (χ1) is 8.90. The largest absolute Gasteiger partial charge is 0.279 e. The van der Waals surface area contributed by atoms with E-state index < -0.39 is 10.2 Å². The SMILES string of the molecule is CCC(CC)C(Br)CNS(=O)(=O)N1CCCC(C)C1. The van der Waals surface area contributed by atoms with Crippen LogP contribution < -0.4 is 4.72 Å². The van der Waals surface area contributed by atoms with Gasteiger partial charge < -0.3 is 0 Å². The summed E-state index contributed by atoms with van der Waals surface area (Å²) in [4.78, 5) is 0.208. The average Bonchev–Trinajstić information content (AvgIpc) is 2.38. The molecule has 4 nitrogen and oxygen atoms in total. The predicted molar refractivity (Wildman–Crippen MR) is 83.7 cm³/mol. The van der Waals surface area contributed by atoms with Crippen molar-refractivity contribution in [3.8, 4) is 0 Å². The maximum atomic E-state index is 12.2. The number of hydrogen-bond donors (Lipinski definition) is 1. The van der Waals surface area contributed by atoms with Crippen LogP contribution in [0.25, 0.3) is 0 Å². The number of alkyl halides is 1. The molecule has 0 aromatic carbocycles. The lowest BCUT2D eigenvalue weighted by Crippen LogP contribution is -2.47. The van der Waals surface area contributed by atoms with E-state index in [9.17, 15) is 8.42 Å². The minimum Gasteiger partial charge on any atom is -0.201 e. The van der Waals surface area contributed by atoms with Gasteiger partial charge in [-0.1, -0.05) is 49.5 Å². The molecule has 1 aliphatic rings. The van der Waals surface area contributed by atoms with Crippen LogP contribution in [-0.4, -0.2) is 37.2 Å². The summed E-state index contributed by atoms with van der Waals surface area (Å²) < 4.78 is 28.8. The van der Waals surface area contributed by atoms with Gasteiger partial charge in [-0.25, -0.2) is 4.72 Å². The fourth-order valence-corrected chi connectivity index (χ4v) is 5.12. The Bertz CT molecular complexity index is 358. The zero-order valence-electron chi connectivity index (χ0n) is 12.2. The minimum atomic E-state index is -3.31. The van der Waals surface area contributed by atoms with Gasteiger partial charge in [-0.3, -0.25) is 0 Å². The first-order valence-electron chi connectivity index (χ1n) is 7.29. The third-order valence-electron chi connectivity index (χ3n) is 3.98. The van der Waals surface area contributed by atoms with Crippen LogP contribution in [-0.2, 0) is 10.2 Å². The fourth-order valence-electron chi connectivity index (χ4n) is 2.61. The number of nitrogens with zero attached hydrogens (tertiary/aromatic N) is 1. The third kappa shape index (κ3) is 5.33. The zero-order chi connectivity index (χ0) is 14.5. The summed E-state index contributed by atoms with van der Waals surface area (Å²) in [6.45, 7) is 8.16. The van der Waals surface area contributed by atoms with E-state index in [0.29, 0.717) is 31.5 Å². The molecule has 0 aromatic heterocycles. The van der Waals surface area contributed by atoms with Crippen molar-refractivity contribution >= 4 is 26.1 Å². The van der Waals surface area contributed by atoms with E-state index >= 15 is 0 Å². The normalized spacial score (nSPS) is 23.7. The Morgan fingerprint density at radius 1 is 1.37 bits per heavy atom. The molecule has 0 saturated carbocycles. The lowest BCUT2D eigenvalue weighted by atomic mass is 10.00. The minimum absolute atomic E-state index is 0.208. The Hall–Kier alpha value is 0.350. The first kappa shape index (κ1) is 17.4. The molecular weight excluding hydrogens is 328 g/mol. The van der Waals surface area contributed by atoms with E-state index in [2.05, 4.69) is 41.4 Å². The van der Waals surface area contributed by atoms with Gasteiger partial charge in [0.2, 0.25) is 0 Å². The maximum Gasteiger partial charge on any atom is 0.279 e. The Morgan fingerprint density at radius 2 is 2.00 bits per heavy atom. The molecule has 114 valence electrons. The zero-order valence-corrected chi connectivity index (χ0v) is 14.6. The molecule has 2 atom stereocenters. The summed E-state index contributed by atoms with van der Waals surface area (Å²) in [5.41, 5.74) is 0. The lowest BCUT2D eigenvalue weighted by Gasteiger charge is -2.30. The van der Waals surface area contributed by atoms with Gasteiger partial charge in [-0.05, 0) is 24.7 Å². The highest BCUT2D eigenvalue weighted by Crippen LogP contribution is 2.21. The van der Waals surface area contributed by atoms with Crippen molar-refractivity contribution in [2.24, 2.45) is 11.8 Å². The van der Waals surface area contributed by atoms with Crippen LogP contribution in [0.3, 0.4) is 0 Å². The Kier molecular flexibility index (Phi) is 7.29. The highest BCUT2D eigenvalue weighted by molar-refractivity contribution is 9.09. The summed E-state index contributed by atoms with van der Waals surface area (Å²) in [6.07, 6.45) is 4.22. The van der Waals surface area contributed by atoms with Gasteiger partial charge in [0.1, 0.15) is 0 Å². The highest BCUT2D eigenvalue weighted by Gasteiger charge is 2.27. The first-order valence-corrected chi connectivity index (χ1v) is 9.65. The summed E-state index contributed by atoms with van der Waals surface area (Å²) >= 11 is 3.61. The summed E-state index contributed by atoms with van der Waals surface area (Å²) in [6, 6.07) is 0. The van der Waals surface area contributed by atoms with Crippen molar-refractivity contribution in [2.45, 2.75) is 51.3 Å². The summed E-state index contributed by atoms with van der Waals surface area (Å²) in [5, 5.41) is 0. The summed E-state index contributed by atoms with van der Waals surface area (Å²) in [7, 11) is -3.31. The van der Waals surface area contributed by atoms with Gasteiger partial charge in [0.25, 0.3) is 10.2 Å². The van der Waals surface area contributed by atoms with Crippen molar-refractivity contribution in [2.75, 3.05) is 19.6 Å². The van der Waals surface area contributed by atoms with Gasteiger partial charge in [0.05, 0.1) is 0 Å². The molecular formula is C13H27BrN2O2S. The van der Waals surface area contributed by atoms with E-state index in [1.165, 1.54) is 0 Å². The van der Waals surface area contributed by atoms with Gasteiger partial charge in [-0.15, -0.1) is 0 Å². The average molecular weight is 355 g/mol. The monoisotopic (exact) mass is 354 g/mol. The number of halogens is 1. The van der Waals surface area contributed by atoms with Crippen LogP contribution in [0.5, 0.6) is 0 Å². The molecule has 1 heterocycles. The van der Waals surface area contributed by atoms with E-state index in [4.69, 9.17) is 0 Å². The summed E-state index contributed by atoms with van der Waals surface area (Å²) in [5.74, 6) is 0.979. The Labute approximate surface area is 126 Å². The number of rotatable bonds is 7. The quantitative estimate of drug-likeness (QED) is 0.714. The van der Waals surface area contributed by atoms with Gasteiger partial charge in [0.15, 0.2) is 0 Å². The van der Waals surface area contributed by atoms with E-state index in [1.807, 2.05) is 0 Å². The molecule has 0 aliphatic carbocycles. The van der Waals surface area contributed by atoms with E-state index in [1.54, 1.807) is 4.31 Å². The fraction of sp³-hybridized carbons (Fsp3) is 1.00. The van der Waals surface area contributed by atoms with Crippen molar-refractivity contribution in [3.05, 3.63) is 0 Å². The molecule has 1 N–H and O–H groups in total. The van der Waals surface area contributed by atoms with Gasteiger partial charge in [-0.2, -0.15) is 12.7 Å². The van der Waals surface area contributed by atoms with Gasteiger partial charge >= 0.3 is 0 Å². The molecule has 1 aliphatic heterocycles. The Balaban J connectivity index is 2.50. The van der Waals surface area contributed by atoms with Crippen LogP contribution in [0.4, 0.5) is 0 Å². The smallest absolute Gasteiger partial charge is 0.201 e. The highest BCUT2D eigenvalue weighted by atomic mass is 79.9. The molecule has 1 rings (SSSR count). The van der Waals surface area contributed by atoms with Crippen molar-refractivity contribution in [1.82, 2.24) is 9.03 Å². The topological polar surface area (TPSA) is 49.4 Å². The van der Waals surface area contributed by atoms with Crippen molar-refractivity contribution in [1.29, 1.82) is 0 Å². The molecule has 0 amide bonds. The molecule has 6 heteroatoms. The van der Waals surface area contributed by atoms with E-state index in [0.717, 1.165) is 25.7 Å². The van der Waals surface area contributed by atoms with Crippen LogP contribution >= 0.6 is 15.9 Å². The molecule has 2 unspecified atom stereocenters. The Morgan fingerprint density at radius 3 is 2.53 bits per heavy atom. The van der Waals surface area contributed by atoms with Crippen LogP contribution in [0.15, 0.2) is 0 Å². The second-order valence-corrected chi connectivity index (χ2v) is 8.48. The molecule has 0 bridgehead atoms. The van der Waals surface area contributed by atoms with Crippen LogP contribution in [0.1, 0.15) is 46.5 Å².